The normalized spacial score (nSPS) is 10.0. The van der Waals surface area contributed by atoms with Gasteiger partial charge in [0.25, 0.3) is 0 Å². The lowest BCUT2D eigenvalue weighted by Gasteiger charge is -2.17. The fourth-order valence-electron chi connectivity index (χ4n) is 1.76. The number of anilines is 2. The van der Waals surface area contributed by atoms with Crippen molar-refractivity contribution in [2.75, 3.05) is 30.3 Å². The van der Waals surface area contributed by atoms with E-state index in [0.717, 1.165) is 0 Å². The number of hydrogen-bond acceptors (Lipinski definition) is 6. The van der Waals surface area contributed by atoms with Crippen molar-refractivity contribution in [1.29, 1.82) is 5.26 Å². The minimum absolute atomic E-state index is 0.0877. The van der Waals surface area contributed by atoms with Gasteiger partial charge in [-0.3, -0.25) is 4.79 Å². The van der Waals surface area contributed by atoms with Gasteiger partial charge in [-0.2, -0.15) is 10.4 Å². The van der Waals surface area contributed by atoms with Crippen molar-refractivity contribution < 1.29 is 9.53 Å². The number of nitrogen functional groups attached to an aromatic ring is 1. The number of nitrogens with zero attached hydrogens (tertiary/aromatic N) is 4. The van der Waals surface area contributed by atoms with Gasteiger partial charge in [0.05, 0.1) is 6.61 Å². The first kappa shape index (κ1) is 14.8. The molecule has 1 aromatic heterocycles. The minimum atomic E-state index is -0.424. The van der Waals surface area contributed by atoms with E-state index >= 15 is 0 Å². The number of ether oxygens (including phenoxy) is 1. The molecule has 104 valence electrons. The average molecular weight is 265 g/mol. The van der Waals surface area contributed by atoms with Crippen molar-refractivity contribution in [1.82, 2.24) is 9.78 Å². The summed E-state index contributed by atoms with van der Waals surface area (Å²) in [6.07, 6.45) is 0. The van der Waals surface area contributed by atoms with E-state index in [9.17, 15) is 4.79 Å². The van der Waals surface area contributed by atoms with Crippen LogP contribution < -0.4 is 10.6 Å². The molecule has 0 radical (unpaired) electrons. The van der Waals surface area contributed by atoms with Crippen LogP contribution in [0.3, 0.4) is 0 Å². The third kappa shape index (κ3) is 3.16. The zero-order valence-corrected chi connectivity index (χ0v) is 11.5. The molecule has 19 heavy (non-hydrogen) atoms. The van der Waals surface area contributed by atoms with Gasteiger partial charge < -0.3 is 15.4 Å². The number of esters is 1. The van der Waals surface area contributed by atoms with Gasteiger partial charge in [-0.05, 0) is 20.8 Å². The Morgan fingerprint density at radius 3 is 2.58 bits per heavy atom. The summed E-state index contributed by atoms with van der Waals surface area (Å²) in [6, 6.07) is 2.04. The van der Waals surface area contributed by atoms with Crippen LogP contribution >= 0.6 is 0 Å². The van der Waals surface area contributed by atoms with Crippen LogP contribution in [0.5, 0.6) is 0 Å². The van der Waals surface area contributed by atoms with Gasteiger partial charge in [0.15, 0.2) is 5.82 Å². The summed E-state index contributed by atoms with van der Waals surface area (Å²) >= 11 is 0. The molecule has 0 aliphatic rings. The molecule has 1 rings (SSSR count). The predicted molar refractivity (Wildman–Crippen MR) is 71.5 cm³/mol. The summed E-state index contributed by atoms with van der Waals surface area (Å²) in [5.74, 6) is 0.277. The molecule has 1 aromatic rings. The second-order valence-electron chi connectivity index (χ2n) is 3.83. The van der Waals surface area contributed by atoms with Crippen LogP contribution in [-0.2, 0) is 16.1 Å². The zero-order chi connectivity index (χ0) is 14.4. The maximum atomic E-state index is 11.4. The number of carbonyl (C=O) groups is 1. The Morgan fingerprint density at radius 2 is 2.11 bits per heavy atom. The van der Waals surface area contributed by atoms with Gasteiger partial charge in [-0.25, -0.2) is 4.68 Å². The maximum absolute atomic E-state index is 11.4. The van der Waals surface area contributed by atoms with Crippen LogP contribution in [0.2, 0.25) is 0 Å². The maximum Gasteiger partial charge on any atom is 0.327 e. The molecule has 0 saturated heterocycles. The lowest BCUT2D eigenvalue weighted by molar-refractivity contribution is -0.143. The third-order valence-electron chi connectivity index (χ3n) is 2.73. The fraction of sp³-hybridized carbons (Fsp3) is 0.583. The predicted octanol–water partition coefficient (Wildman–Crippen LogP) is 0.746. The molecule has 0 unspecified atom stereocenters. The summed E-state index contributed by atoms with van der Waals surface area (Å²) in [6.45, 7) is 7.29. The topological polar surface area (TPSA) is 97.2 Å². The van der Waals surface area contributed by atoms with E-state index in [4.69, 9.17) is 15.7 Å². The van der Waals surface area contributed by atoms with Crippen LogP contribution in [0.1, 0.15) is 26.3 Å². The summed E-state index contributed by atoms with van der Waals surface area (Å²) < 4.78 is 6.15. The van der Waals surface area contributed by atoms with Crippen LogP contribution in [0, 0.1) is 11.3 Å². The Kier molecular flexibility index (Phi) is 5.18. The molecule has 7 heteroatoms. The first-order chi connectivity index (χ1) is 9.08. The quantitative estimate of drug-likeness (QED) is 0.762. The number of hydrogen-bond donors (Lipinski definition) is 1. The second-order valence-corrected chi connectivity index (χ2v) is 3.83. The van der Waals surface area contributed by atoms with E-state index in [1.807, 2.05) is 24.8 Å². The molecule has 2 N–H and O–H groups in total. The van der Waals surface area contributed by atoms with Crippen LogP contribution in [0.4, 0.5) is 11.6 Å². The molecule has 0 spiro atoms. The Bertz CT molecular complexity index is 485. The van der Waals surface area contributed by atoms with Crippen molar-refractivity contribution >= 4 is 17.6 Å². The molecule has 0 fully saturated rings. The lowest BCUT2D eigenvalue weighted by Crippen LogP contribution is -2.23. The molecular formula is C12H19N5O2. The molecule has 0 aromatic carbocycles. The Balaban J connectivity index is 3.09. The Morgan fingerprint density at radius 1 is 1.47 bits per heavy atom. The molecule has 1 heterocycles. The highest BCUT2D eigenvalue weighted by Gasteiger charge is 2.20. The summed E-state index contributed by atoms with van der Waals surface area (Å²) in [7, 11) is 0. The second kappa shape index (κ2) is 6.64. The first-order valence-electron chi connectivity index (χ1n) is 6.25. The third-order valence-corrected chi connectivity index (χ3v) is 2.73. The molecule has 0 saturated carbocycles. The van der Waals surface area contributed by atoms with E-state index in [-0.39, 0.29) is 12.4 Å². The molecule has 0 aliphatic heterocycles. The molecule has 0 bridgehead atoms. The van der Waals surface area contributed by atoms with Gasteiger partial charge in [0, 0.05) is 13.1 Å². The molecule has 0 amide bonds. The van der Waals surface area contributed by atoms with Crippen LogP contribution in [0.15, 0.2) is 0 Å². The summed E-state index contributed by atoms with van der Waals surface area (Å²) in [4.78, 5) is 13.4. The minimum Gasteiger partial charge on any atom is -0.465 e. The van der Waals surface area contributed by atoms with Crippen molar-refractivity contribution in [2.45, 2.75) is 27.3 Å². The van der Waals surface area contributed by atoms with Gasteiger partial charge in [0.2, 0.25) is 0 Å². The van der Waals surface area contributed by atoms with Crippen LogP contribution in [0.25, 0.3) is 0 Å². The monoisotopic (exact) mass is 265 g/mol. The number of aromatic nitrogens is 2. The van der Waals surface area contributed by atoms with Gasteiger partial charge in [0.1, 0.15) is 24.0 Å². The van der Waals surface area contributed by atoms with E-state index in [2.05, 4.69) is 5.10 Å². The first-order valence-corrected chi connectivity index (χ1v) is 6.25. The zero-order valence-electron chi connectivity index (χ0n) is 11.5. The number of nitrogens with two attached hydrogens (primary N) is 1. The van der Waals surface area contributed by atoms with Crippen molar-refractivity contribution in [3.05, 3.63) is 5.56 Å². The smallest absolute Gasteiger partial charge is 0.327 e. The standard InChI is InChI=1S/C12H19N5O2/c1-4-16(5-2)12-9(7-13)11(14)17(15-12)8-10(18)19-6-3/h4-6,8,14H2,1-3H3. The Hall–Kier alpha value is -2.23. The highest BCUT2D eigenvalue weighted by Crippen LogP contribution is 2.24. The van der Waals surface area contributed by atoms with E-state index in [0.29, 0.717) is 31.1 Å². The fourth-order valence-corrected chi connectivity index (χ4v) is 1.76. The lowest BCUT2D eigenvalue weighted by atomic mass is 10.3. The number of nitriles is 1. The highest BCUT2D eigenvalue weighted by atomic mass is 16.5. The Labute approximate surface area is 112 Å². The van der Waals surface area contributed by atoms with Gasteiger partial charge in [-0.1, -0.05) is 0 Å². The average Bonchev–Trinajstić information content (AvgIpc) is 2.68. The summed E-state index contributed by atoms with van der Waals surface area (Å²) in [5.41, 5.74) is 6.15. The summed E-state index contributed by atoms with van der Waals surface area (Å²) in [5, 5.41) is 13.4. The van der Waals surface area contributed by atoms with Crippen molar-refractivity contribution in [2.24, 2.45) is 0 Å². The molecule has 0 aliphatic carbocycles. The molecule has 7 nitrogen and oxygen atoms in total. The van der Waals surface area contributed by atoms with Crippen LogP contribution in [-0.4, -0.2) is 35.4 Å². The largest absolute Gasteiger partial charge is 0.465 e. The van der Waals surface area contributed by atoms with E-state index < -0.39 is 5.97 Å². The number of carbonyl (C=O) groups excluding carboxylic acids is 1. The van der Waals surface area contributed by atoms with Crippen molar-refractivity contribution in [3.63, 3.8) is 0 Å². The van der Waals surface area contributed by atoms with Gasteiger partial charge >= 0.3 is 5.97 Å². The van der Waals surface area contributed by atoms with Gasteiger partial charge in [-0.15, -0.1) is 0 Å². The SMILES string of the molecule is CCOC(=O)Cn1nc(N(CC)CC)c(C#N)c1N. The number of rotatable bonds is 6. The van der Waals surface area contributed by atoms with E-state index in [1.165, 1.54) is 4.68 Å². The molecular weight excluding hydrogens is 246 g/mol. The van der Waals surface area contributed by atoms with E-state index in [1.54, 1.807) is 6.92 Å². The molecule has 0 atom stereocenters. The highest BCUT2D eigenvalue weighted by molar-refractivity contribution is 5.72. The van der Waals surface area contributed by atoms with Crippen molar-refractivity contribution in [3.8, 4) is 6.07 Å².